The molecule has 8 heteroatoms. The molecule has 5 nitrogen and oxygen atoms in total. The summed E-state index contributed by atoms with van der Waals surface area (Å²) in [4.78, 5) is 12.3. The van der Waals surface area contributed by atoms with Crippen molar-refractivity contribution in [2.75, 3.05) is 5.32 Å². The van der Waals surface area contributed by atoms with Crippen LogP contribution in [0.3, 0.4) is 0 Å². The molecule has 0 aliphatic rings. The SMILES string of the molecule is Cn1c(-c2cccc(C(F)(F)F)c2)cc2c(Nc3ccncn3)nccc21. The van der Waals surface area contributed by atoms with Gasteiger partial charge < -0.3 is 9.88 Å². The first-order valence-electron chi connectivity index (χ1n) is 8.08. The van der Waals surface area contributed by atoms with Crippen molar-refractivity contribution in [2.45, 2.75) is 6.18 Å². The number of halogens is 3. The standard InChI is InChI=1S/C19H14F3N5/c1-27-15-5-8-24-18(26-17-6-7-23-11-25-17)14(15)10-16(27)12-3-2-4-13(9-12)19(20,21)22/h2-11H,1H3,(H,23,24,25,26). The summed E-state index contributed by atoms with van der Waals surface area (Å²) in [5, 5.41) is 3.90. The van der Waals surface area contributed by atoms with E-state index >= 15 is 0 Å². The van der Waals surface area contributed by atoms with Gasteiger partial charge in [0.05, 0.1) is 11.1 Å². The average Bonchev–Trinajstić information content (AvgIpc) is 3.00. The summed E-state index contributed by atoms with van der Waals surface area (Å²) >= 11 is 0. The Morgan fingerprint density at radius 2 is 1.85 bits per heavy atom. The summed E-state index contributed by atoms with van der Waals surface area (Å²) in [6, 6.07) is 10.6. The molecule has 0 aliphatic carbocycles. The van der Waals surface area contributed by atoms with Gasteiger partial charge in [0, 0.05) is 30.5 Å². The van der Waals surface area contributed by atoms with Gasteiger partial charge in [0.15, 0.2) is 0 Å². The van der Waals surface area contributed by atoms with Crippen LogP contribution in [0.15, 0.2) is 61.2 Å². The zero-order valence-corrected chi connectivity index (χ0v) is 14.2. The monoisotopic (exact) mass is 369 g/mol. The van der Waals surface area contributed by atoms with Crippen molar-refractivity contribution < 1.29 is 13.2 Å². The number of nitrogens with one attached hydrogen (secondary N) is 1. The van der Waals surface area contributed by atoms with Crippen LogP contribution in [0.1, 0.15) is 5.56 Å². The van der Waals surface area contributed by atoms with Crippen molar-refractivity contribution in [3.8, 4) is 11.3 Å². The molecule has 0 saturated carbocycles. The smallest absolute Gasteiger partial charge is 0.343 e. The normalized spacial score (nSPS) is 11.7. The molecular formula is C19H14F3N5. The molecule has 0 unspecified atom stereocenters. The number of fused-ring (bicyclic) bond motifs is 1. The van der Waals surface area contributed by atoms with E-state index in [1.165, 1.54) is 12.4 Å². The summed E-state index contributed by atoms with van der Waals surface area (Å²) in [6.07, 6.45) is 0.277. The van der Waals surface area contributed by atoms with Crippen molar-refractivity contribution >= 4 is 22.5 Å². The van der Waals surface area contributed by atoms with Gasteiger partial charge >= 0.3 is 6.18 Å². The fraction of sp³-hybridized carbons (Fsp3) is 0.105. The topological polar surface area (TPSA) is 55.6 Å². The van der Waals surface area contributed by atoms with Gasteiger partial charge in [-0.1, -0.05) is 12.1 Å². The van der Waals surface area contributed by atoms with Crippen LogP contribution in [-0.4, -0.2) is 19.5 Å². The first kappa shape index (κ1) is 17.0. The van der Waals surface area contributed by atoms with E-state index in [2.05, 4.69) is 20.3 Å². The highest BCUT2D eigenvalue weighted by Crippen LogP contribution is 2.35. The second-order valence-corrected chi connectivity index (χ2v) is 5.98. The molecule has 27 heavy (non-hydrogen) atoms. The van der Waals surface area contributed by atoms with Crippen molar-refractivity contribution in [3.63, 3.8) is 0 Å². The molecule has 0 aliphatic heterocycles. The summed E-state index contributed by atoms with van der Waals surface area (Å²) in [5.41, 5.74) is 1.31. The predicted molar refractivity (Wildman–Crippen MR) is 96.5 cm³/mol. The Morgan fingerprint density at radius 3 is 2.59 bits per heavy atom. The van der Waals surface area contributed by atoms with E-state index in [1.807, 2.05) is 23.7 Å². The largest absolute Gasteiger partial charge is 0.416 e. The third kappa shape index (κ3) is 3.21. The van der Waals surface area contributed by atoms with Gasteiger partial charge in [-0.25, -0.2) is 15.0 Å². The number of rotatable bonds is 3. The number of hydrogen-bond acceptors (Lipinski definition) is 4. The summed E-state index contributed by atoms with van der Waals surface area (Å²) in [7, 11) is 1.81. The number of anilines is 2. The highest BCUT2D eigenvalue weighted by atomic mass is 19.4. The molecule has 0 spiro atoms. The Morgan fingerprint density at radius 1 is 1.00 bits per heavy atom. The van der Waals surface area contributed by atoms with Crippen molar-refractivity contribution in [1.29, 1.82) is 0 Å². The van der Waals surface area contributed by atoms with E-state index in [-0.39, 0.29) is 0 Å². The van der Waals surface area contributed by atoms with Crippen LogP contribution in [0.2, 0.25) is 0 Å². The van der Waals surface area contributed by atoms with Crippen molar-refractivity contribution in [1.82, 2.24) is 19.5 Å². The summed E-state index contributed by atoms with van der Waals surface area (Å²) in [5.74, 6) is 1.15. The maximum atomic E-state index is 13.1. The van der Waals surface area contributed by atoms with Crippen LogP contribution in [0.5, 0.6) is 0 Å². The molecule has 136 valence electrons. The Labute approximate surface area is 152 Å². The lowest BCUT2D eigenvalue weighted by Gasteiger charge is -2.09. The number of aryl methyl sites for hydroxylation is 1. The van der Waals surface area contributed by atoms with Crippen LogP contribution in [-0.2, 0) is 13.2 Å². The van der Waals surface area contributed by atoms with E-state index in [0.717, 1.165) is 23.0 Å². The molecule has 0 fully saturated rings. The van der Waals surface area contributed by atoms with Gasteiger partial charge in [0.1, 0.15) is 18.0 Å². The molecule has 1 N–H and O–H groups in total. The number of nitrogens with zero attached hydrogens (tertiary/aromatic N) is 4. The van der Waals surface area contributed by atoms with Crippen LogP contribution in [0, 0.1) is 0 Å². The number of benzene rings is 1. The Balaban J connectivity index is 1.82. The quantitative estimate of drug-likeness (QED) is 0.564. The van der Waals surface area contributed by atoms with Crippen LogP contribution in [0.4, 0.5) is 24.8 Å². The molecule has 1 aromatic carbocycles. The maximum Gasteiger partial charge on any atom is 0.416 e. The van der Waals surface area contributed by atoms with Gasteiger partial charge in [-0.05, 0) is 35.9 Å². The summed E-state index contributed by atoms with van der Waals surface area (Å²) in [6.45, 7) is 0. The molecule has 3 heterocycles. The maximum absolute atomic E-state index is 13.1. The molecule has 4 aromatic rings. The second kappa shape index (κ2) is 6.39. The van der Waals surface area contributed by atoms with E-state index in [4.69, 9.17) is 0 Å². The first-order chi connectivity index (χ1) is 12.9. The van der Waals surface area contributed by atoms with Crippen LogP contribution in [0.25, 0.3) is 22.2 Å². The molecule has 4 rings (SSSR count). The third-order valence-corrected chi connectivity index (χ3v) is 4.28. The second-order valence-electron chi connectivity index (χ2n) is 5.98. The zero-order chi connectivity index (χ0) is 19.0. The van der Waals surface area contributed by atoms with Crippen molar-refractivity contribution in [3.05, 3.63) is 66.7 Å². The average molecular weight is 369 g/mol. The van der Waals surface area contributed by atoms with Gasteiger partial charge in [0.25, 0.3) is 0 Å². The number of aromatic nitrogens is 4. The minimum absolute atomic E-state index is 0.483. The molecule has 0 radical (unpaired) electrons. The lowest BCUT2D eigenvalue weighted by Crippen LogP contribution is -2.04. The zero-order valence-electron chi connectivity index (χ0n) is 14.2. The molecule has 0 saturated heterocycles. The van der Waals surface area contributed by atoms with Crippen LogP contribution >= 0.6 is 0 Å². The highest BCUT2D eigenvalue weighted by molar-refractivity contribution is 5.95. The highest BCUT2D eigenvalue weighted by Gasteiger charge is 2.30. The Bertz CT molecular complexity index is 1100. The summed E-state index contributed by atoms with van der Waals surface area (Å²) < 4.78 is 41.0. The number of alkyl halides is 3. The molecule has 0 atom stereocenters. The fourth-order valence-electron chi connectivity index (χ4n) is 2.98. The first-order valence-corrected chi connectivity index (χ1v) is 8.08. The Hall–Kier alpha value is -3.42. The number of hydrogen-bond donors (Lipinski definition) is 1. The van der Waals surface area contributed by atoms with Gasteiger partial charge in [-0.15, -0.1) is 0 Å². The molecule has 0 amide bonds. The lowest BCUT2D eigenvalue weighted by molar-refractivity contribution is -0.137. The van der Waals surface area contributed by atoms with E-state index in [9.17, 15) is 13.2 Å². The fourth-order valence-corrected chi connectivity index (χ4v) is 2.98. The predicted octanol–water partition coefficient (Wildman–Crippen LogP) is 4.79. The molecule has 3 aromatic heterocycles. The van der Waals surface area contributed by atoms with E-state index in [0.29, 0.717) is 22.9 Å². The molecule has 0 bridgehead atoms. The van der Waals surface area contributed by atoms with E-state index < -0.39 is 11.7 Å². The van der Waals surface area contributed by atoms with Crippen LogP contribution < -0.4 is 5.32 Å². The third-order valence-electron chi connectivity index (χ3n) is 4.28. The lowest BCUT2D eigenvalue weighted by atomic mass is 10.1. The molecular weight excluding hydrogens is 355 g/mol. The van der Waals surface area contributed by atoms with Crippen molar-refractivity contribution in [2.24, 2.45) is 7.05 Å². The minimum atomic E-state index is -4.39. The van der Waals surface area contributed by atoms with Gasteiger partial charge in [0.2, 0.25) is 0 Å². The van der Waals surface area contributed by atoms with Gasteiger partial charge in [-0.3, -0.25) is 0 Å². The minimum Gasteiger partial charge on any atom is -0.343 e. The van der Waals surface area contributed by atoms with Gasteiger partial charge in [-0.2, -0.15) is 13.2 Å². The number of pyridine rings is 1. The van der Waals surface area contributed by atoms with E-state index in [1.54, 1.807) is 24.5 Å². The Kier molecular flexibility index (Phi) is 4.02.